The Hall–Kier alpha value is -2.06. The normalized spacial score (nSPS) is 11.1. The molecule has 3 rings (SSSR count). The fourth-order valence-corrected chi connectivity index (χ4v) is 2.52. The zero-order chi connectivity index (χ0) is 13.8. The van der Waals surface area contributed by atoms with E-state index in [4.69, 9.17) is 4.74 Å². The van der Waals surface area contributed by atoms with Crippen molar-refractivity contribution in [2.45, 2.75) is 20.0 Å². The van der Waals surface area contributed by atoms with Crippen LogP contribution in [0.15, 0.2) is 60.9 Å². The number of ether oxygens (including phenoxy) is 1. The molecule has 20 heavy (non-hydrogen) atoms. The molecule has 0 fully saturated rings. The van der Waals surface area contributed by atoms with Crippen LogP contribution in [0, 0.1) is 0 Å². The SMILES string of the molecule is CCCOCc1c(-c2ccccc2)cn2ccccc12. The summed E-state index contributed by atoms with van der Waals surface area (Å²) >= 11 is 0. The van der Waals surface area contributed by atoms with Crippen LogP contribution in [0.5, 0.6) is 0 Å². The molecule has 0 unspecified atom stereocenters. The molecule has 0 spiro atoms. The van der Waals surface area contributed by atoms with E-state index in [0.717, 1.165) is 13.0 Å². The zero-order valence-corrected chi connectivity index (χ0v) is 11.8. The fraction of sp³-hybridized carbons (Fsp3) is 0.222. The van der Waals surface area contributed by atoms with Gasteiger partial charge in [0.15, 0.2) is 0 Å². The number of hydrogen-bond acceptors (Lipinski definition) is 1. The summed E-state index contributed by atoms with van der Waals surface area (Å²) in [7, 11) is 0. The van der Waals surface area contributed by atoms with Gasteiger partial charge in [0.1, 0.15) is 0 Å². The Labute approximate surface area is 119 Å². The minimum absolute atomic E-state index is 0.665. The van der Waals surface area contributed by atoms with Crippen LogP contribution in [0.2, 0.25) is 0 Å². The molecule has 0 aliphatic heterocycles. The molecule has 0 aliphatic carbocycles. The van der Waals surface area contributed by atoms with E-state index < -0.39 is 0 Å². The van der Waals surface area contributed by atoms with E-state index in [-0.39, 0.29) is 0 Å². The molecular formula is C18H19NO. The molecule has 3 aromatic rings. The third kappa shape index (κ3) is 2.47. The van der Waals surface area contributed by atoms with E-state index in [1.165, 1.54) is 22.2 Å². The molecule has 0 aliphatic rings. The number of hydrogen-bond donors (Lipinski definition) is 0. The van der Waals surface area contributed by atoms with Crippen molar-refractivity contribution >= 4 is 5.52 Å². The highest BCUT2D eigenvalue weighted by atomic mass is 16.5. The van der Waals surface area contributed by atoms with Gasteiger partial charge in [-0.1, -0.05) is 43.3 Å². The van der Waals surface area contributed by atoms with Crippen LogP contribution in [0.4, 0.5) is 0 Å². The third-order valence-corrected chi connectivity index (χ3v) is 3.47. The summed E-state index contributed by atoms with van der Waals surface area (Å²) in [5.41, 5.74) is 4.99. The first-order valence-electron chi connectivity index (χ1n) is 7.12. The number of rotatable bonds is 5. The van der Waals surface area contributed by atoms with E-state index in [0.29, 0.717) is 6.61 Å². The molecule has 0 amide bonds. The number of benzene rings is 1. The molecule has 0 saturated carbocycles. The summed E-state index contributed by atoms with van der Waals surface area (Å²) in [4.78, 5) is 0. The van der Waals surface area contributed by atoms with Gasteiger partial charge in [0.05, 0.1) is 12.1 Å². The van der Waals surface area contributed by atoms with Gasteiger partial charge in [-0.05, 0) is 24.1 Å². The maximum atomic E-state index is 5.78. The Morgan fingerprint density at radius 2 is 1.80 bits per heavy atom. The highest BCUT2D eigenvalue weighted by Crippen LogP contribution is 2.29. The predicted molar refractivity (Wildman–Crippen MR) is 82.8 cm³/mol. The first kappa shape index (κ1) is 12.9. The van der Waals surface area contributed by atoms with Gasteiger partial charge in [0, 0.05) is 30.1 Å². The average Bonchev–Trinajstić information content (AvgIpc) is 2.87. The Kier molecular flexibility index (Phi) is 3.84. The predicted octanol–water partition coefficient (Wildman–Crippen LogP) is 4.53. The second-order valence-electron chi connectivity index (χ2n) is 4.93. The Balaban J connectivity index is 2.08. The van der Waals surface area contributed by atoms with E-state index in [1.54, 1.807) is 0 Å². The van der Waals surface area contributed by atoms with Crippen LogP contribution in [0.25, 0.3) is 16.6 Å². The lowest BCUT2D eigenvalue weighted by Crippen LogP contribution is -1.95. The summed E-state index contributed by atoms with van der Waals surface area (Å²) in [6, 6.07) is 16.8. The lowest BCUT2D eigenvalue weighted by atomic mass is 10.0. The second-order valence-corrected chi connectivity index (χ2v) is 4.93. The molecule has 0 saturated heterocycles. The van der Waals surface area contributed by atoms with Gasteiger partial charge in [0.2, 0.25) is 0 Å². The minimum Gasteiger partial charge on any atom is -0.377 e. The van der Waals surface area contributed by atoms with Crippen molar-refractivity contribution in [2.24, 2.45) is 0 Å². The molecular weight excluding hydrogens is 246 g/mol. The maximum Gasteiger partial charge on any atom is 0.0743 e. The first-order valence-corrected chi connectivity index (χ1v) is 7.12. The molecule has 2 heteroatoms. The topological polar surface area (TPSA) is 13.6 Å². The molecule has 1 aromatic carbocycles. The molecule has 2 heterocycles. The van der Waals surface area contributed by atoms with Crippen LogP contribution < -0.4 is 0 Å². The third-order valence-electron chi connectivity index (χ3n) is 3.47. The van der Waals surface area contributed by atoms with Crippen molar-refractivity contribution in [3.05, 3.63) is 66.5 Å². The summed E-state index contributed by atoms with van der Waals surface area (Å²) in [6.45, 7) is 3.60. The van der Waals surface area contributed by atoms with Crippen LogP contribution in [0.1, 0.15) is 18.9 Å². The number of aromatic nitrogens is 1. The first-order chi connectivity index (χ1) is 9.90. The summed E-state index contributed by atoms with van der Waals surface area (Å²) in [5, 5.41) is 0. The molecule has 2 nitrogen and oxygen atoms in total. The smallest absolute Gasteiger partial charge is 0.0743 e. The van der Waals surface area contributed by atoms with E-state index in [2.05, 4.69) is 66.2 Å². The lowest BCUT2D eigenvalue weighted by molar-refractivity contribution is 0.122. The summed E-state index contributed by atoms with van der Waals surface area (Å²) in [5.74, 6) is 0. The van der Waals surface area contributed by atoms with Gasteiger partial charge >= 0.3 is 0 Å². The minimum atomic E-state index is 0.665. The van der Waals surface area contributed by atoms with Crippen molar-refractivity contribution in [1.29, 1.82) is 0 Å². The van der Waals surface area contributed by atoms with Crippen molar-refractivity contribution in [1.82, 2.24) is 4.40 Å². The van der Waals surface area contributed by atoms with Crippen LogP contribution in [-0.2, 0) is 11.3 Å². The monoisotopic (exact) mass is 265 g/mol. The van der Waals surface area contributed by atoms with Gasteiger partial charge in [-0.2, -0.15) is 0 Å². The molecule has 102 valence electrons. The summed E-state index contributed by atoms with van der Waals surface area (Å²) in [6.07, 6.45) is 5.33. The molecule has 0 N–H and O–H groups in total. The second kappa shape index (κ2) is 5.93. The molecule has 2 aromatic heterocycles. The van der Waals surface area contributed by atoms with Gasteiger partial charge in [-0.25, -0.2) is 0 Å². The van der Waals surface area contributed by atoms with E-state index >= 15 is 0 Å². The highest BCUT2D eigenvalue weighted by Gasteiger charge is 2.11. The highest BCUT2D eigenvalue weighted by molar-refractivity contribution is 5.76. The average molecular weight is 265 g/mol. The van der Waals surface area contributed by atoms with E-state index in [9.17, 15) is 0 Å². The van der Waals surface area contributed by atoms with Crippen molar-refractivity contribution in [2.75, 3.05) is 6.61 Å². The Bertz CT molecular complexity index is 685. The Morgan fingerprint density at radius 3 is 2.60 bits per heavy atom. The lowest BCUT2D eigenvalue weighted by Gasteiger charge is -2.06. The largest absolute Gasteiger partial charge is 0.377 e. The number of nitrogens with zero attached hydrogens (tertiary/aromatic N) is 1. The molecule has 0 bridgehead atoms. The zero-order valence-electron chi connectivity index (χ0n) is 11.8. The van der Waals surface area contributed by atoms with Crippen molar-refractivity contribution in [3.63, 3.8) is 0 Å². The van der Waals surface area contributed by atoms with E-state index in [1.807, 2.05) is 6.07 Å². The fourth-order valence-electron chi connectivity index (χ4n) is 2.52. The van der Waals surface area contributed by atoms with Crippen LogP contribution in [-0.4, -0.2) is 11.0 Å². The molecule has 0 atom stereocenters. The summed E-state index contributed by atoms with van der Waals surface area (Å²) < 4.78 is 7.96. The number of pyridine rings is 1. The Morgan fingerprint density at radius 1 is 1.00 bits per heavy atom. The van der Waals surface area contributed by atoms with Crippen LogP contribution >= 0.6 is 0 Å². The molecule has 0 radical (unpaired) electrons. The van der Waals surface area contributed by atoms with Crippen molar-refractivity contribution < 1.29 is 4.74 Å². The standard InChI is InChI=1S/C18H19NO/c1-2-12-20-14-17-16(15-8-4-3-5-9-15)13-19-11-7-6-10-18(17)19/h3-11,13H,2,12,14H2,1H3. The van der Waals surface area contributed by atoms with Gasteiger partial charge in [-0.15, -0.1) is 0 Å². The van der Waals surface area contributed by atoms with Gasteiger partial charge in [-0.3, -0.25) is 0 Å². The van der Waals surface area contributed by atoms with Crippen LogP contribution in [0.3, 0.4) is 0 Å². The number of fused-ring (bicyclic) bond motifs is 1. The van der Waals surface area contributed by atoms with Gasteiger partial charge in [0.25, 0.3) is 0 Å². The quantitative estimate of drug-likeness (QED) is 0.618. The van der Waals surface area contributed by atoms with Crippen molar-refractivity contribution in [3.8, 4) is 11.1 Å². The van der Waals surface area contributed by atoms with Gasteiger partial charge < -0.3 is 9.14 Å². The maximum absolute atomic E-state index is 5.78.